The van der Waals surface area contributed by atoms with Gasteiger partial charge < -0.3 is 26.0 Å². The zero-order valence-electron chi connectivity index (χ0n) is 23.7. The fourth-order valence-corrected chi connectivity index (χ4v) is 9.82. The largest absolute Gasteiger partial charge is 0.461 e. The maximum absolute atomic E-state index is 14.4. The van der Waals surface area contributed by atoms with Crippen molar-refractivity contribution in [3.05, 3.63) is 27.3 Å². The van der Waals surface area contributed by atoms with Crippen molar-refractivity contribution in [3.8, 4) is 18.1 Å². The third-order valence-electron chi connectivity index (χ3n) is 9.29. The SMILES string of the molecule is CC(c1nonc1N)N(C)c1nc(OC[C@@]23CCCN2C[C@H](F)C3)nc(N2CC3(C2)SCc2sc(N)c(C#N)c23)c1C#N. The molecule has 0 amide bonds. The minimum absolute atomic E-state index is 0.107. The van der Waals surface area contributed by atoms with Gasteiger partial charge in [0.05, 0.1) is 21.9 Å². The average Bonchev–Trinajstić information content (AvgIpc) is 3.77. The molecule has 16 heteroatoms. The van der Waals surface area contributed by atoms with E-state index in [2.05, 4.69) is 27.4 Å². The molecular formula is C27H30FN11O2S2. The third-order valence-corrected chi connectivity index (χ3v) is 11.9. The van der Waals surface area contributed by atoms with E-state index in [0.29, 0.717) is 53.9 Å². The first-order chi connectivity index (χ1) is 20.7. The van der Waals surface area contributed by atoms with E-state index < -0.39 is 12.2 Å². The van der Waals surface area contributed by atoms with Gasteiger partial charge in [-0.2, -0.15) is 20.5 Å². The number of halogens is 1. The fraction of sp³-hybridized carbons (Fsp3) is 0.556. The van der Waals surface area contributed by atoms with Crippen molar-refractivity contribution in [2.45, 2.75) is 54.4 Å². The van der Waals surface area contributed by atoms with Gasteiger partial charge in [-0.1, -0.05) is 5.16 Å². The second-order valence-electron chi connectivity index (χ2n) is 11.7. The summed E-state index contributed by atoms with van der Waals surface area (Å²) in [6.45, 7) is 4.44. The van der Waals surface area contributed by atoms with Crippen molar-refractivity contribution >= 4 is 45.6 Å². The van der Waals surface area contributed by atoms with Crippen LogP contribution < -0.4 is 26.0 Å². The number of thioether (sulfide) groups is 1. The first-order valence-corrected chi connectivity index (χ1v) is 15.8. The van der Waals surface area contributed by atoms with E-state index in [4.69, 9.17) is 30.8 Å². The van der Waals surface area contributed by atoms with Crippen LogP contribution in [0, 0.1) is 22.7 Å². The Morgan fingerprint density at radius 1 is 1.23 bits per heavy atom. The molecule has 3 aromatic rings. The summed E-state index contributed by atoms with van der Waals surface area (Å²) < 4.78 is 25.2. The Balaban J connectivity index is 1.24. The van der Waals surface area contributed by atoms with Crippen molar-refractivity contribution in [1.29, 1.82) is 10.5 Å². The highest BCUT2D eigenvalue weighted by Crippen LogP contribution is 2.58. The van der Waals surface area contributed by atoms with Gasteiger partial charge in [0.15, 0.2) is 23.1 Å². The molecule has 3 atom stereocenters. The van der Waals surface area contributed by atoms with Gasteiger partial charge in [0.25, 0.3) is 0 Å². The molecule has 0 bridgehead atoms. The van der Waals surface area contributed by atoms with Crippen LogP contribution in [-0.4, -0.2) is 76.7 Å². The van der Waals surface area contributed by atoms with Crippen LogP contribution in [0.1, 0.15) is 59.5 Å². The number of nitrogen functional groups attached to an aromatic ring is 2. The predicted molar refractivity (Wildman–Crippen MR) is 159 cm³/mol. The Kier molecular flexibility index (Phi) is 6.57. The summed E-state index contributed by atoms with van der Waals surface area (Å²) in [4.78, 5) is 16.5. The van der Waals surface area contributed by atoms with E-state index >= 15 is 0 Å². The minimum atomic E-state index is -0.888. The second kappa shape index (κ2) is 10.1. The summed E-state index contributed by atoms with van der Waals surface area (Å²) in [6, 6.07) is 4.27. The third kappa shape index (κ3) is 4.26. The molecule has 3 aromatic heterocycles. The smallest absolute Gasteiger partial charge is 0.320 e. The quantitative estimate of drug-likeness (QED) is 0.391. The van der Waals surface area contributed by atoms with Crippen molar-refractivity contribution in [1.82, 2.24) is 25.2 Å². The lowest BCUT2D eigenvalue weighted by molar-refractivity contribution is 0.107. The van der Waals surface area contributed by atoms with E-state index in [-0.39, 0.29) is 34.3 Å². The molecule has 0 saturated carbocycles. The Bertz CT molecular complexity index is 1680. The number of nitrogens with zero attached hydrogens (tertiary/aromatic N) is 9. The molecule has 4 aliphatic heterocycles. The number of hydrogen-bond acceptors (Lipinski definition) is 15. The van der Waals surface area contributed by atoms with Crippen LogP contribution in [-0.2, 0) is 10.5 Å². The number of ether oxygens (including phenoxy) is 1. The molecule has 1 unspecified atom stereocenters. The van der Waals surface area contributed by atoms with Crippen molar-refractivity contribution in [3.63, 3.8) is 0 Å². The van der Waals surface area contributed by atoms with Gasteiger partial charge in [-0.3, -0.25) is 4.90 Å². The Labute approximate surface area is 255 Å². The Hall–Kier alpha value is -3.86. The van der Waals surface area contributed by atoms with Gasteiger partial charge in [0.1, 0.15) is 35.5 Å². The molecule has 0 aliphatic carbocycles. The summed E-state index contributed by atoms with van der Waals surface area (Å²) in [6.07, 6.45) is 1.36. The summed E-state index contributed by atoms with van der Waals surface area (Å²) >= 11 is 3.26. The maximum atomic E-state index is 14.4. The van der Waals surface area contributed by atoms with Crippen LogP contribution in [0.2, 0.25) is 0 Å². The molecule has 3 fully saturated rings. The molecule has 7 heterocycles. The summed E-state index contributed by atoms with van der Waals surface area (Å²) in [7, 11) is 1.78. The zero-order chi connectivity index (χ0) is 30.1. The first-order valence-electron chi connectivity index (χ1n) is 14.0. The normalized spacial score (nSPS) is 24.3. The number of nitrogens with two attached hydrogens (primary N) is 2. The van der Waals surface area contributed by atoms with Crippen LogP contribution in [0.5, 0.6) is 6.01 Å². The Morgan fingerprint density at radius 2 is 2.02 bits per heavy atom. The van der Waals surface area contributed by atoms with Crippen molar-refractivity contribution in [2.24, 2.45) is 0 Å². The highest BCUT2D eigenvalue weighted by Gasteiger charge is 2.54. The number of nitriles is 2. The molecule has 43 heavy (non-hydrogen) atoms. The number of aromatic nitrogens is 4. The van der Waals surface area contributed by atoms with Crippen LogP contribution >= 0.6 is 23.1 Å². The van der Waals surface area contributed by atoms with Crippen LogP contribution in [0.25, 0.3) is 0 Å². The topological polar surface area (TPSA) is 183 Å². The zero-order valence-corrected chi connectivity index (χ0v) is 25.3. The van der Waals surface area contributed by atoms with Gasteiger partial charge in [-0.05, 0) is 31.5 Å². The minimum Gasteiger partial charge on any atom is -0.461 e. The van der Waals surface area contributed by atoms with Crippen LogP contribution in [0.4, 0.5) is 26.8 Å². The number of alkyl halides is 1. The lowest BCUT2D eigenvalue weighted by atomic mass is 9.88. The van der Waals surface area contributed by atoms with Gasteiger partial charge in [0, 0.05) is 49.3 Å². The number of anilines is 4. The molecule has 0 aromatic carbocycles. The second-order valence-corrected chi connectivity index (χ2v) is 14.2. The molecule has 13 nitrogen and oxygen atoms in total. The lowest BCUT2D eigenvalue weighted by Crippen LogP contribution is -2.57. The molecule has 0 radical (unpaired) electrons. The number of fused-ring (bicyclic) bond motifs is 3. The van der Waals surface area contributed by atoms with E-state index in [1.54, 1.807) is 23.7 Å². The summed E-state index contributed by atoms with van der Waals surface area (Å²) in [5.74, 6) is 1.71. The predicted octanol–water partition coefficient (Wildman–Crippen LogP) is 2.94. The fourth-order valence-electron chi connectivity index (χ4n) is 7.01. The summed E-state index contributed by atoms with van der Waals surface area (Å²) in [5.41, 5.74) is 14.0. The molecular weight excluding hydrogens is 594 g/mol. The Morgan fingerprint density at radius 3 is 2.74 bits per heavy atom. The maximum Gasteiger partial charge on any atom is 0.320 e. The summed E-state index contributed by atoms with van der Waals surface area (Å²) in [5, 5.41) is 28.4. The highest BCUT2D eigenvalue weighted by atomic mass is 32.2. The van der Waals surface area contributed by atoms with Crippen LogP contribution in [0.3, 0.4) is 0 Å². The van der Waals surface area contributed by atoms with Gasteiger partial charge in [-0.15, -0.1) is 23.1 Å². The molecule has 224 valence electrons. The van der Waals surface area contributed by atoms with E-state index in [0.717, 1.165) is 35.6 Å². The lowest BCUT2D eigenvalue weighted by Gasteiger charge is -2.48. The average molecular weight is 624 g/mol. The van der Waals surface area contributed by atoms with Gasteiger partial charge in [0.2, 0.25) is 0 Å². The highest BCUT2D eigenvalue weighted by molar-refractivity contribution is 8.00. The van der Waals surface area contributed by atoms with Crippen LogP contribution in [0.15, 0.2) is 4.63 Å². The number of hydrogen-bond donors (Lipinski definition) is 2. The number of thiophene rings is 1. The molecule has 4 N–H and O–H groups in total. The van der Waals surface area contributed by atoms with Gasteiger partial charge >= 0.3 is 6.01 Å². The monoisotopic (exact) mass is 623 g/mol. The van der Waals surface area contributed by atoms with Crippen molar-refractivity contribution in [2.75, 3.05) is 61.1 Å². The van der Waals surface area contributed by atoms with E-state index in [1.165, 1.54) is 11.3 Å². The van der Waals surface area contributed by atoms with Crippen molar-refractivity contribution < 1.29 is 13.8 Å². The molecule has 1 spiro atoms. The van der Waals surface area contributed by atoms with E-state index in [1.807, 2.05) is 11.8 Å². The number of rotatable bonds is 7. The molecule has 4 aliphatic rings. The molecule has 7 rings (SSSR count). The first kappa shape index (κ1) is 27.9. The standard InChI is InChI=1S/C27H30FN11O2S2/c1-14(20-21(31)36-41-35-20)37(2)23-17(8-30)24(34-25(33-23)40-13-26-4-3-5-39(26)9-15(28)6-26)38-11-27(12-38)19-16(7-29)22(32)43-18(19)10-42-27/h14-15H,3-6,9-13,32H2,1-2H3,(H2,31,36)/t14?,15-,26+/m1/s1. The van der Waals surface area contributed by atoms with E-state index in [9.17, 15) is 14.9 Å². The molecule has 3 saturated heterocycles. The van der Waals surface area contributed by atoms with Gasteiger partial charge in [-0.25, -0.2) is 9.02 Å².